The van der Waals surface area contributed by atoms with E-state index < -0.39 is 0 Å². The predicted molar refractivity (Wildman–Crippen MR) is 79.7 cm³/mol. The normalized spacial score (nSPS) is 11.2. The Labute approximate surface area is 123 Å². The van der Waals surface area contributed by atoms with Crippen LogP contribution in [-0.2, 0) is 4.74 Å². The van der Waals surface area contributed by atoms with Gasteiger partial charge in [0.2, 0.25) is 0 Å². The Morgan fingerprint density at radius 3 is 2.83 bits per heavy atom. The first-order valence-electron chi connectivity index (χ1n) is 5.53. The molecule has 0 aliphatic rings. The summed E-state index contributed by atoms with van der Waals surface area (Å²) in [6.45, 7) is 4.45. The molecule has 0 amide bonds. The summed E-state index contributed by atoms with van der Waals surface area (Å²) in [7, 11) is 0. The molecular weight excluding hydrogens is 336 g/mol. The highest BCUT2D eigenvalue weighted by molar-refractivity contribution is 9.10. The fourth-order valence-corrected chi connectivity index (χ4v) is 3.38. The number of halogens is 2. The van der Waals surface area contributed by atoms with Gasteiger partial charge < -0.3 is 4.74 Å². The average Bonchev–Trinajstić information content (AvgIpc) is 2.69. The Hall–Kier alpha value is -0.580. The number of carbonyl (C=O) groups excluding carboxylic acids is 1. The average molecular weight is 348 g/mol. The maximum Gasteiger partial charge on any atom is 0.348 e. The highest BCUT2D eigenvalue weighted by atomic mass is 79.9. The smallest absolute Gasteiger partial charge is 0.348 e. The maximum atomic E-state index is 11.8. The number of hydrogen-bond acceptors (Lipinski definition) is 3. The molecule has 2 aromatic rings. The predicted octanol–water partition coefficient (Wildman–Crippen LogP) is 5.13. The third kappa shape index (κ3) is 3.05. The van der Waals surface area contributed by atoms with Crippen LogP contribution in [0.3, 0.4) is 0 Å². The molecule has 0 aliphatic heterocycles. The second kappa shape index (κ2) is 5.59. The van der Waals surface area contributed by atoms with Gasteiger partial charge in [0, 0.05) is 4.47 Å². The zero-order valence-electron chi connectivity index (χ0n) is 10.00. The van der Waals surface area contributed by atoms with Crippen molar-refractivity contribution < 1.29 is 9.53 Å². The zero-order chi connectivity index (χ0) is 13.3. The van der Waals surface area contributed by atoms with Gasteiger partial charge >= 0.3 is 5.97 Å². The van der Waals surface area contributed by atoms with Crippen LogP contribution in [-0.4, -0.2) is 12.6 Å². The first kappa shape index (κ1) is 13.8. The summed E-state index contributed by atoms with van der Waals surface area (Å²) >= 11 is 10.9. The van der Waals surface area contributed by atoms with Gasteiger partial charge in [0.15, 0.2) is 0 Å². The second-order valence-corrected chi connectivity index (χ2v) is 6.78. The van der Waals surface area contributed by atoms with Crippen molar-refractivity contribution in [3.8, 4) is 0 Å². The van der Waals surface area contributed by atoms with Crippen LogP contribution in [0.4, 0.5) is 0 Å². The van der Waals surface area contributed by atoms with Crippen LogP contribution < -0.4 is 0 Å². The molecule has 1 aromatic carbocycles. The SMILES string of the molecule is CC(C)COC(=O)c1cc2cc(Br)cc(Cl)c2s1. The van der Waals surface area contributed by atoms with Gasteiger partial charge in [-0.3, -0.25) is 0 Å². The van der Waals surface area contributed by atoms with Crippen molar-refractivity contribution in [2.24, 2.45) is 5.92 Å². The summed E-state index contributed by atoms with van der Waals surface area (Å²) in [6.07, 6.45) is 0. The van der Waals surface area contributed by atoms with Crippen LogP contribution in [0.1, 0.15) is 23.5 Å². The van der Waals surface area contributed by atoms with E-state index in [1.807, 2.05) is 32.0 Å². The van der Waals surface area contributed by atoms with Crippen molar-refractivity contribution in [2.75, 3.05) is 6.61 Å². The lowest BCUT2D eigenvalue weighted by Crippen LogP contribution is -2.08. The van der Waals surface area contributed by atoms with Crippen molar-refractivity contribution >= 4 is 54.9 Å². The quantitative estimate of drug-likeness (QED) is 0.719. The summed E-state index contributed by atoms with van der Waals surface area (Å²) < 4.78 is 7.02. The number of fused-ring (bicyclic) bond motifs is 1. The fourth-order valence-electron chi connectivity index (χ4n) is 1.49. The summed E-state index contributed by atoms with van der Waals surface area (Å²) in [4.78, 5) is 12.4. The molecule has 0 saturated heterocycles. The molecule has 1 heterocycles. The molecule has 2 nitrogen and oxygen atoms in total. The van der Waals surface area contributed by atoms with Crippen molar-refractivity contribution in [3.63, 3.8) is 0 Å². The lowest BCUT2D eigenvalue weighted by molar-refractivity contribution is 0.0465. The highest BCUT2D eigenvalue weighted by Gasteiger charge is 2.14. The Morgan fingerprint density at radius 1 is 1.44 bits per heavy atom. The van der Waals surface area contributed by atoms with Crippen LogP contribution in [0.2, 0.25) is 5.02 Å². The van der Waals surface area contributed by atoms with Crippen LogP contribution in [0.25, 0.3) is 10.1 Å². The molecule has 0 spiro atoms. The number of rotatable bonds is 3. The number of carbonyl (C=O) groups is 1. The van der Waals surface area contributed by atoms with Gasteiger partial charge in [-0.1, -0.05) is 41.4 Å². The molecule has 0 aliphatic carbocycles. The minimum Gasteiger partial charge on any atom is -0.461 e. The molecule has 0 saturated carbocycles. The lowest BCUT2D eigenvalue weighted by atomic mass is 10.2. The Balaban J connectivity index is 2.30. The van der Waals surface area contributed by atoms with Gasteiger partial charge in [0.25, 0.3) is 0 Å². The standard InChI is InChI=1S/C13H12BrClO2S/c1-7(2)6-17-13(16)11-4-8-3-9(14)5-10(15)12(8)18-11/h3-5,7H,6H2,1-2H3. The van der Waals surface area contributed by atoms with E-state index in [0.717, 1.165) is 14.6 Å². The van der Waals surface area contributed by atoms with E-state index in [2.05, 4.69) is 15.9 Å². The highest BCUT2D eigenvalue weighted by Crippen LogP contribution is 2.34. The van der Waals surface area contributed by atoms with E-state index in [0.29, 0.717) is 22.4 Å². The molecule has 0 unspecified atom stereocenters. The Kier molecular flexibility index (Phi) is 4.30. The minimum absolute atomic E-state index is 0.280. The molecule has 0 N–H and O–H groups in total. The Bertz CT molecular complexity index is 592. The van der Waals surface area contributed by atoms with E-state index in [1.165, 1.54) is 11.3 Å². The number of benzene rings is 1. The summed E-state index contributed by atoms with van der Waals surface area (Å²) in [6, 6.07) is 5.58. The molecule has 1 aromatic heterocycles. The zero-order valence-corrected chi connectivity index (χ0v) is 13.2. The van der Waals surface area contributed by atoms with Gasteiger partial charge in [0.1, 0.15) is 4.88 Å². The van der Waals surface area contributed by atoms with Crippen molar-refractivity contribution in [1.82, 2.24) is 0 Å². The number of thiophene rings is 1. The topological polar surface area (TPSA) is 26.3 Å². The van der Waals surface area contributed by atoms with E-state index >= 15 is 0 Å². The van der Waals surface area contributed by atoms with Gasteiger partial charge in [-0.15, -0.1) is 11.3 Å². The van der Waals surface area contributed by atoms with E-state index in [4.69, 9.17) is 16.3 Å². The van der Waals surface area contributed by atoms with E-state index in [-0.39, 0.29) is 5.97 Å². The molecule has 0 fully saturated rings. The number of hydrogen-bond donors (Lipinski definition) is 0. The molecule has 0 atom stereocenters. The van der Waals surface area contributed by atoms with Crippen LogP contribution in [0.15, 0.2) is 22.7 Å². The number of ether oxygens (including phenoxy) is 1. The van der Waals surface area contributed by atoms with E-state index in [1.54, 1.807) is 0 Å². The lowest BCUT2D eigenvalue weighted by Gasteiger charge is -2.04. The van der Waals surface area contributed by atoms with Crippen molar-refractivity contribution in [2.45, 2.75) is 13.8 Å². The second-order valence-electron chi connectivity index (χ2n) is 4.41. The fraction of sp³-hybridized carbons (Fsp3) is 0.308. The molecule has 5 heteroatoms. The van der Waals surface area contributed by atoms with Crippen molar-refractivity contribution in [1.29, 1.82) is 0 Å². The van der Waals surface area contributed by atoms with Gasteiger partial charge in [0.05, 0.1) is 16.3 Å². The largest absolute Gasteiger partial charge is 0.461 e. The first-order chi connectivity index (χ1) is 8.47. The molecule has 96 valence electrons. The van der Waals surface area contributed by atoms with Crippen LogP contribution in [0.5, 0.6) is 0 Å². The van der Waals surface area contributed by atoms with Crippen LogP contribution in [0, 0.1) is 5.92 Å². The molecule has 18 heavy (non-hydrogen) atoms. The summed E-state index contributed by atoms with van der Waals surface area (Å²) in [5, 5.41) is 1.60. The molecule has 0 bridgehead atoms. The monoisotopic (exact) mass is 346 g/mol. The molecular formula is C13H12BrClO2S. The maximum absolute atomic E-state index is 11.8. The van der Waals surface area contributed by atoms with Crippen LogP contribution >= 0.6 is 38.9 Å². The minimum atomic E-state index is -0.280. The van der Waals surface area contributed by atoms with Gasteiger partial charge in [-0.25, -0.2) is 4.79 Å². The Morgan fingerprint density at radius 2 is 2.17 bits per heavy atom. The summed E-state index contributed by atoms with van der Waals surface area (Å²) in [5.41, 5.74) is 0. The molecule has 0 radical (unpaired) electrons. The van der Waals surface area contributed by atoms with E-state index in [9.17, 15) is 4.79 Å². The molecule has 2 rings (SSSR count). The van der Waals surface area contributed by atoms with Gasteiger partial charge in [-0.2, -0.15) is 0 Å². The number of esters is 1. The van der Waals surface area contributed by atoms with Gasteiger partial charge in [-0.05, 0) is 29.5 Å². The third-order valence-electron chi connectivity index (χ3n) is 2.28. The van der Waals surface area contributed by atoms with Crippen molar-refractivity contribution in [3.05, 3.63) is 32.6 Å². The summed E-state index contributed by atoms with van der Waals surface area (Å²) in [5.74, 6) is 0.0538. The third-order valence-corrected chi connectivity index (χ3v) is 4.32. The first-order valence-corrected chi connectivity index (χ1v) is 7.52.